The van der Waals surface area contributed by atoms with Crippen LogP contribution in [0.2, 0.25) is 0 Å². The molecule has 1 saturated heterocycles. The van der Waals surface area contributed by atoms with Crippen molar-refractivity contribution in [3.63, 3.8) is 0 Å². The summed E-state index contributed by atoms with van der Waals surface area (Å²) in [5.41, 5.74) is 0. The molecule has 116 valence electrons. The molecule has 1 atom stereocenters. The fraction of sp³-hybridized carbons (Fsp3) is 0.923. The number of carbonyl (C=O) groups excluding carboxylic acids is 1. The summed E-state index contributed by atoms with van der Waals surface area (Å²) in [7, 11) is 0. The Hall–Kier alpha value is -1.37. The van der Waals surface area contributed by atoms with E-state index in [0.717, 1.165) is 25.9 Å². The van der Waals surface area contributed by atoms with E-state index in [1.54, 1.807) is 0 Å². The van der Waals surface area contributed by atoms with Crippen LogP contribution in [-0.2, 0) is 9.63 Å². The van der Waals surface area contributed by atoms with Crippen LogP contribution < -0.4 is 0 Å². The number of rotatable bonds is 8. The second-order valence-corrected chi connectivity index (χ2v) is 5.38. The Balaban J connectivity index is 2.20. The molecule has 0 radical (unpaired) electrons. The highest BCUT2D eigenvalue weighted by Gasteiger charge is 2.21. The van der Waals surface area contributed by atoms with Crippen molar-refractivity contribution in [1.29, 1.82) is 0 Å². The van der Waals surface area contributed by atoms with Crippen LogP contribution in [0.4, 0.5) is 0 Å². The number of carbonyl (C=O) groups is 1. The predicted octanol–water partition coefficient (Wildman–Crippen LogP) is 1.17. The first-order chi connectivity index (χ1) is 9.52. The molecular formula is C13H25N3O4. The van der Waals surface area contributed by atoms with E-state index in [4.69, 9.17) is 0 Å². The maximum atomic E-state index is 12.1. The summed E-state index contributed by atoms with van der Waals surface area (Å²) >= 11 is 0. The van der Waals surface area contributed by atoms with Gasteiger partial charge < -0.3 is 9.74 Å². The molecule has 7 heteroatoms. The lowest BCUT2D eigenvalue weighted by atomic mass is 10.0. The Labute approximate surface area is 120 Å². The van der Waals surface area contributed by atoms with Crippen LogP contribution in [0.25, 0.3) is 0 Å². The van der Waals surface area contributed by atoms with Gasteiger partial charge in [-0.1, -0.05) is 26.7 Å². The van der Waals surface area contributed by atoms with E-state index in [-0.39, 0.29) is 12.5 Å². The van der Waals surface area contributed by atoms with Crippen LogP contribution in [-0.4, -0.2) is 60.1 Å². The number of nitrogens with zero attached hydrogens (tertiary/aromatic N) is 3. The maximum Gasteiger partial charge on any atom is 0.294 e. The zero-order valence-corrected chi connectivity index (χ0v) is 12.4. The van der Waals surface area contributed by atoms with E-state index in [1.807, 2.05) is 4.90 Å². The molecule has 1 aliphatic heterocycles. The smallest absolute Gasteiger partial charge is 0.294 e. The van der Waals surface area contributed by atoms with Gasteiger partial charge in [-0.15, -0.1) is 10.1 Å². The van der Waals surface area contributed by atoms with Crippen molar-refractivity contribution in [3.05, 3.63) is 10.1 Å². The van der Waals surface area contributed by atoms with E-state index >= 15 is 0 Å². The minimum atomic E-state index is -0.769. The Morgan fingerprint density at radius 1 is 1.35 bits per heavy atom. The molecular weight excluding hydrogens is 262 g/mol. The van der Waals surface area contributed by atoms with Crippen molar-refractivity contribution in [2.75, 3.05) is 39.3 Å². The van der Waals surface area contributed by atoms with Gasteiger partial charge in [0.1, 0.15) is 6.61 Å². The van der Waals surface area contributed by atoms with Gasteiger partial charge in [-0.2, -0.15) is 0 Å². The average molecular weight is 287 g/mol. The van der Waals surface area contributed by atoms with E-state index in [1.165, 1.54) is 0 Å². The van der Waals surface area contributed by atoms with Gasteiger partial charge in [-0.3, -0.25) is 9.69 Å². The van der Waals surface area contributed by atoms with Crippen LogP contribution in [0.5, 0.6) is 0 Å². The highest BCUT2D eigenvalue weighted by molar-refractivity contribution is 5.76. The molecule has 0 bridgehead atoms. The Morgan fingerprint density at radius 3 is 2.55 bits per heavy atom. The molecule has 0 aromatic heterocycles. The number of hydrogen-bond acceptors (Lipinski definition) is 5. The van der Waals surface area contributed by atoms with Crippen molar-refractivity contribution in [2.45, 2.75) is 33.1 Å². The van der Waals surface area contributed by atoms with E-state index < -0.39 is 5.09 Å². The predicted molar refractivity (Wildman–Crippen MR) is 74.7 cm³/mol. The van der Waals surface area contributed by atoms with Crippen LogP contribution >= 0.6 is 0 Å². The molecule has 0 aromatic rings. The zero-order valence-electron chi connectivity index (χ0n) is 12.4. The SMILES string of the molecule is CCCC(C)CC(=O)N1CCN(CCO[N+](=O)[O-])CC1. The average Bonchev–Trinajstić information content (AvgIpc) is 2.39. The zero-order chi connectivity index (χ0) is 15.0. The standard InChI is InChI=1S/C13H25N3O4/c1-3-4-12(2)11-13(17)15-7-5-14(6-8-15)9-10-20-16(18)19/h12H,3-11H2,1-2H3. The first kappa shape index (κ1) is 16.7. The highest BCUT2D eigenvalue weighted by Crippen LogP contribution is 2.13. The largest absolute Gasteiger partial charge is 0.340 e. The van der Waals surface area contributed by atoms with Gasteiger partial charge >= 0.3 is 0 Å². The van der Waals surface area contributed by atoms with E-state index in [9.17, 15) is 14.9 Å². The third-order valence-corrected chi connectivity index (χ3v) is 3.63. The van der Waals surface area contributed by atoms with E-state index in [0.29, 0.717) is 32.0 Å². The molecule has 0 saturated carbocycles. The van der Waals surface area contributed by atoms with E-state index in [2.05, 4.69) is 23.6 Å². The normalized spacial score (nSPS) is 17.8. The Morgan fingerprint density at radius 2 is 2.00 bits per heavy atom. The summed E-state index contributed by atoms with van der Waals surface area (Å²) in [5.74, 6) is 0.672. The molecule has 1 heterocycles. The third kappa shape index (κ3) is 6.18. The summed E-state index contributed by atoms with van der Waals surface area (Å²) in [5, 5.41) is 9.28. The second kappa shape index (κ2) is 8.73. The monoisotopic (exact) mass is 287 g/mol. The lowest BCUT2D eigenvalue weighted by Crippen LogP contribution is -2.49. The highest BCUT2D eigenvalue weighted by atomic mass is 16.9. The van der Waals surface area contributed by atoms with Gasteiger partial charge in [-0.25, -0.2) is 0 Å². The first-order valence-corrected chi connectivity index (χ1v) is 7.30. The fourth-order valence-corrected chi connectivity index (χ4v) is 2.49. The van der Waals surface area contributed by atoms with Gasteiger partial charge in [-0.05, 0) is 5.92 Å². The lowest BCUT2D eigenvalue weighted by molar-refractivity contribution is -0.757. The lowest BCUT2D eigenvalue weighted by Gasteiger charge is -2.35. The van der Waals surface area contributed by atoms with Gasteiger partial charge in [0.25, 0.3) is 5.09 Å². The Kier molecular flexibility index (Phi) is 7.28. The number of amides is 1. The van der Waals surface area contributed by atoms with Crippen molar-refractivity contribution in [3.8, 4) is 0 Å². The summed E-state index contributed by atoms with van der Waals surface area (Å²) in [6.07, 6.45) is 2.82. The minimum absolute atomic E-state index is 0.0917. The molecule has 1 rings (SSSR count). The minimum Gasteiger partial charge on any atom is -0.340 e. The van der Waals surface area contributed by atoms with Gasteiger partial charge in [0.2, 0.25) is 5.91 Å². The molecule has 1 fully saturated rings. The van der Waals surface area contributed by atoms with Crippen molar-refractivity contribution >= 4 is 5.91 Å². The van der Waals surface area contributed by atoms with Gasteiger partial charge in [0.05, 0.1) is 0 Å². The summed E-state index contributed by atoms with van der Waals surface area (Å²) in [6, 6.07) is 0. The molecule has 1 unspecified atom stereocenters. The topological polar surface area (TPSA) is 75.9 Å². The Bertz CT molecular complexity index is 317. The summed E-state index contributed by atoms with van der Waals surface area (Å²) < 4.78 is 0. The second-order valence-electron chi connectivity index (χ2n) is 5.38. The number of piperazine rings is 1. The molecule has 7 nitrogen and oxygen atoms in total. The summed E-state index contributed by atoms with van der Waals surface area (Å²) in [4.78, 5) is 30.4. The fourth-order valence-electron chi connectivity index (χ4n) is 2.49. The van der Waals surface area contributed by atoms with Crippen molar-refractivity contribution < 1.29 is 14.7 Å². The van der Waals surface area contributed by atoms with Crippen LogP contribution in [0.3, 0.4) is 0 Å². The first-order valence-electron chi connectivity index (χ1n) is 7.30. The van der Waals surface area contributed by atoms with Gasteiger partial charge in [0.15, 0.2) is 0 Å². The third-order valence-electron chi connectivity index (χ3n) is 3.63. The van der Waals surface area contributed by atoms with Crippen molar-refractivity contribution in [1.82, 2.24) is 9.80 Å². The summed E-state index contributed by atoms with van der Waals surface area (Å²) in [6.45, 7) is 7.80. The molecule has 0 aliphatic carbocycles. The maximum absolute atomic E-state index is 12.1. The molecule has 0 spiro atoms. The quantitative estimate of drug-likeness (QED) is 0.494. The molecule has 1 amide bonds. The molecule has 20 heavy (non-hydrogen) atoms. The van der Waals surface area contributed by atoms with Crippen LogP contribution in [0, 0.1) is 16.0 Å². The van der Waals surface area contributed by atoms with Gasteiger partial charge in [0, 0.05) is 39.1 Å². The molecule has 0 aromatic carbocycles. The van der Waals surface area contributed by atoms with Crippen LogP contribution in [0.1, 0.15) is 33.1 Å². The number of hydrogen-bond donors (Lipinski definition) is 0. The molecule has 1 aliphatic rings. The van der Waals surface area contributed by atoms with Crippen molar-refractivity contribution in [2.24, 2.45) is 5.92 Å². The molecule has 0 N–H and O–H groups in total. The van der Waals surface area contributed by atoms with Crippen LogP contribution in [0.15, 0.2) is 0 Å².